The molecule has 0 bridgehead atoms. The summed E-state index contributed by atoms with van der Waals surface area (Å²) >= 11 is 17.6. The molecule has 0 atom stereocenters. The van der Waals surface area contributed by atoms with Crippen molar-refractivity contribution in [1.29, 1.82) is 0 Å². The van der Waals surface area contributed by atoms with Gasteiger partial charge in [0.1, 0.15) is 23.9 Å². The molecule has 27 heavy (non-hydrogen) atoms. The smallest absolute Gasteiger partial charge is 0.145 e. The molecular weight excluding hydrogens is 412 g/mol. The molecule has 3 rings (SSSR count). The molecule has 0 radical (unpaired) electrons. The van der Waals surface area contributed by atoms with Crippen LogP contribution in [0.25, 0.3) is 0 Å². The Kier molecular flexibility index (Phi) is 6.56. The van der Waals surface area contributed by atoms with E-state index in [4.69, 9.17) is 44.4 Å². The summed E-state index contributed by atoms with van der Waals surface area (Å²) < 4.78 is 19.3. The van der Waals surface area contributed by atoms with Gasteiger partial charge in [-0.1, -0.05) is 58.2 Å². The minimum absolute atomic E-state index is 0.0338. The Bertz CT molecular complexity index is 979. The van der Waals surface area contributed by atoms with Crippen molar-refractivity contribution >= 4 is 41.0 Å². The van der Waals surface area contributed by atoms with E-state index in [2.05, 4.69) is 5.16 Å². The molecule has 0 unspecified atom stereocenters. The van der Waals surface area contributed by atoms with Crippen molar-refractivity contribution in [2.75, 3.05) is 0 Å². The second-order valence-electron chi connectivity index (χ2n) is 5.46. The Morgan fingerprint density at radius 2 is 1.74 bits per heavy atom. The number of hydrogen-bond donors (Lipinski definition) is 0. The van der Waals surface area contributed by atoms with Crippen molar-refractivity contribution in [2.45, 2.75) is 6.61 Å². The first-order valence-electron chi connectivity index (χ1n) is 7.84. The van der Waals surface area contributed by atoms with E-state index in [0.29, 0.717) is 27.1 Å². The molecule has 0 saturated heterocycles. The van der Waals surface area contributed by atoms with Gasteiger partial charge in [-0.25, -0.2) is 4.39 Å². The third-order valence-electron chi connectivity index (χ3n) is 3.54. The number of oxime groups is 1. The molecule has 0 spiro atoms. The average molecular weight is 425 g/mol. The van der Waals surface area contributed by atoms with Crippen LogP contribution >= 0.6 is 34.8 Å². The fourth-order valence-electron chi connectivity index (χ4n) is 2.19. The third-order valence-corrected chi connectivity index (χ3v) is 4.43. The van der Waals surface area contributed by atoms with Crippen molar-refractivity contribution in [1.82, 2.24) is 0 Å². The van der Waals surface area contributed by atoms with Crippen LogP contribution in [-0.4, -0.2) is 6.21 Å². The Balaban J connectivity index is 1.68. The third kappa shape index (κ3) is 5.36. The Morgan fingerprint density at radius 1 is 0.926 bits per heavy atom. The van der Waals surface area contributed by atoms with Gasteiger partial charge in [-0.2, -0.15) is 0 Å². The monoisotopic (exact) mass is 423 g/mol. The van der Waals surface area contributed by atoms with Gasteiger partial charge in [-0.3, -0.25) is 0 Å². The van der Waals surface area contributed by atoms with E-state index >= 15 is 0 Å². The SMILES string of the molecule is Fc1cc(Oc2ccccc2C=NOCc2ccc(Cl)cc2Cl)ccc1Cl. The molecule has 0 saturated carbocycles. The maximum atomic E-state index is 13.6. The van der Waals surface area contributed by atoms with Crippen LogP contribution in [0.15, 0.2) is 65.8 Å². The largest absolute Gasteiger partial charge is 0.457 e. The first kappa shape index (κ1) is 19.5. The molecule has 0 aliphatic heterocycles. The van der Waals surface area contributed by atoms with Gasteiger partial charge in [-0.15, -0.1) is 0 Å². The molecule has 0 N–H and O–H groups in total. The highest BCUT2D eigenvalue weighted by atomic mass is 35.5. The van der Waals surface area contributed by atoms with E-state index in [-0.39, 0.29) is 11.6 Å². The number of rotatable bonds is 6. The van der Waals surface area contributed by atoms with Crippen LogP contribution in [0, 0.1) is 5.82 Å². The topological polar surface area (TPSA) is 30.8 Å². The molecule has 3 nitrogen and oxygen atoms in total. The summed E-state index contributed by atoms with van der Waals surface area (Å²) in [5.41, 5.74) is 1.43. The highest BCUT2D eigenvalue weighted by Gasteiger charge is 2.06. The molecule has 0 aliphatic rings. The predicted molar refractivity (Wildman–Crippen MR) is 107 cm³/mol. The van der Waals surface area contributed by atoms with E-state index in [1.165, 1.54) is 18.3 Å². The van der Waals surface area contributed by atoms with Crippen LogP contribution in [-0.2, 0) is 11.4 Å². The molecular formula is C20H13Cl3FNO2. The second kappa shape index (κ2) is 9.09. The van der Waals surface area contributed by atoms with Crippen molar-refractivity contribution in [3.8, 4) is 11.5 Å². The maximum absolute atomic E-state index is 13.6. The summed E-state index contributed by atoms with van der Waals surface area (Å²) in [4.78, 5) is 5.29. The average Bonchev–Trinajstić information content (AvgIpc) is 2.64. The van der Waals surface area contributed by atoms with Crippen LogP contribution in [0.2, 0.25) is 15.1 Å². The lowest BCUT2D eigenvalue weighted by molar-refractivity contribution is 0.132. The van der Waals surface area contributed by atoms with Gasteiger partial charge in [0.2, 0.25) is 0 Å². The standard InChI is InChI=1S/C20H13Cl3FNO2/c21-15-6-5-14(18(23)9-15)12-26-25-11-13-3-1-2-4-20(13)27-16-7-8-17(22)19(24)10-16/h1-11H,12H2. The lowest BCUT2D eigenvalue weighted by Gasteiger charge is -2.09. The first-order chi connectivity index (χ1) is 13.0. The zero-order valence-corrected chi connectivity index (χ0v) is 16.1. The van der Waals surface area contributed by atoms with Crippen molar-refractivity contribution in [2.24, 2.45) is 5.16 Å². The zero-order valence-electron chi connectivity index (χ0n) is 13.8. The first-order valence-corrected chi connectivity index (χ1v) is 8.97. The van der Waals surface area contributed by atoms with Gasteiger partial charge in [0.25, 0.3) is 0 Å². The lowest BCUT2D eigenvalue weighted by atomic mass is 10.2. The fraction of sp³-hybridized carbons (Fsp3) is 0.0500. The summed E-state index contributed by atoms with van der Waals surface area (Å²) in [7, 11) is 0. The molecule has 3 aromatic carbocycles. The normalized spacial score (nSPS) is 11.0. The number of hydrogen-bond acceptors (Lipinski definition) is 3. The minimum Gasteiger partial charge on any atom is -0.457 e. The Morgan fingerprint density at radius 3 is 2.52 bits per heavy atom. The molecule has 0 amide bonds. The van der Waals surface area contributed by atoms with Crippen molar-refractivity contribution in [3.05, 3.63) is 92.7 Å². The van der Waals surface area contributed by atoms with Crippen molar-refractivity contribution in [3.63, 3.8) is 0 Å². The molecule has 138 valence electrons. The fourth-order valence-corrected chi connectivity index (χ4v) is 2.77. The van der Waals surface area contributed by atoms with Crippen molar-refractivity contribution < 1.29 is 14.0 Å². The molecule has 0 fully saturated rings. The predicted octanol–water partition coefficient (Wildman–Crippen LogP) is 7.13. The quantitative estimate of drug-likeness (QED) is 0.311. The van der Waals surface area contributed by atoms with Gasteiger partial charge in [0.05, 0.1) is 11.2 Å². The van der Waals surface area contributed by atoms with Crippen LogP contribution in [0.1, 0.15) is 11.1 Å². The summed E-state index contributed by atoms with van der Waals surface area (Å²) in [6, 6.07) is 16.5. The number of nitrogens with zero attached hydrogens (tertiary/aromatic N) is 1. The highest BCUT2D eigenvalue weighted by Crippen LogP contribution is 2.27. The zero-order chi connectivity index (χ0) is 19.2. The van der Waals surface area contributed by atoms with Gasteiger partial charge >= 0.3 is 0 Å². The van der Waals surface area contributed by atoms with Gasteiger partial charge in [0.15, 0.2) is 0 Å². The Hall–Kier alpha value is -2.27. The minimum atomic E-state index is -0.552. The molecule has 0 aliphatic carbocycles. The van der Waals surface area contributed by atoms with E-state index in [1.807, 2.05) is 6.07 Å². The van der Waals surface area contributed by atoms with Crippen LogP contribution < -0.4 is 4.74 Å². The Labute approximate surface area is 170 Å². The van der Waals surface area contributed by atoms with Crippen LogP contribution in [0.3, 0.4) is 0 Å². The number of ether oxygens (including phenoxy) is 1. The number of para-hydroxylation sites is 1. The second-order valence-corrected chi connectivity index (χ2v) is 6.71. The van der Waals surface area contributed by atoms with E-state index in [9.17, 15) is 4.39 Å². The summed E-state index contributed by atoms with van der Waals surface area (Å²) in [5.74, 6) is 0.270. The summed E-state index contributed by atoms with van der Waals surface area (Å²) in [6.45, 7) is 0.192. The van der Waals surface area contributed by atoms with Crippen LogP contribution in [0.5, 0.6) is 11.5 Å². The van der Waals surface area contributed by atoms with Gasteiger partial charge < -0.3 is 9.57 Å². The number of halogens is 4. The lowest BCUT2D eigenvalue weighted by Crippen LogP contribution is -1.93. The summed E-state index contributed by atoms with van der Waals surface area (Å²) in [5, 5.41) is 5.03. The van der Waals surface area contributed by atoms with Gasteiger partial charge in [-0.05, 0) is 36.4 Å². The summed E-state index contributed by atoms with van der Waals surface area (Å²) in [6.07, 6.45) is 1.51. The van der Waals surface area contributed by atoms with E-state index in [1.54, 1.807) is 42.5 Å². The molecule has 7 heteroatoms. The van der Waals surface area contributed by atoms with Crippen LogP contribution in [0.4, 0.5) is 4.39 Å². The molecule has 0 heterocycles. The molecule has 3 aromatic rings. The number of benzene rings is 3. The maximum Gasteiger partial charge on any atom is 0.145 e. The molecule has 0 aromatic heterocycles. The van der Waals surface area contributed by atoms with E-state index in [0.717, 1.165) is 5.56 Å². The van der Waals surface area contributed by atoms with E-state index < -0.39 is 5.82 Å². The van der Waals surface area contributed by atoms with Gasteiger partial charge in [0, 0.05) is 27.2 Å². The highest BCUT2D eigenvalue weighted by molar-refractivity contribution is 6.35.